The Bertz CT molecular complexity index is 506. The smallest absolute Gasteiger partial charge is 0.491 e. The number of aromatic nitrogens is 1. The van der Waals surface area contributed by atoms with E-state index in [0.717, 1.165) is 13.3 Å². The molecule has 2 N–H and O–H groups in total. The number of hydrogen-bond donors (Lipinski definition) is 1. The first-order valence-corrected chi connectivity index (χ1v) is 5.98. The van der Waals surface area contributed by atoms with Gasteiger partial charge in [0, 0.05) is 12.1 Å². The van der Waals surface area contributed by atoms with Crippen molar-refractivity contribution in [3.63, 3.8) is 0 Å². The predicted octanol–water partition coefficient (Wildman–Crippen LogP) is 1.55. The number of pyridine rings is 1. The number of carbonyl (C=O) groups excluding carboxylic acids is 1. The second-order valence-corrected chi connectivity index (χ2v) is 3.81. The third-order valence-electron chi connectivity index (χ3n) is 2.44. The van der Waals surface area contributed by atoms with E-state index in [2.05, 4.69) is 9.72 Å². The maximum Gasteiger partial charge on any atom is 0.573 e. The van der Waals surface area contributed by atoms with Crippen molar-refractivity contribution in [3.05, 3.63) is 17.5 Å². The highest BCUT2D eigenvalue weighted by molar-refractivity contribution is 5.74. The number of hydrogen-bond acceptors (Lipinski definition) is 6. The quantitative estimate of drug-likeness (QED) is 0.803. The summed E-state index contributed by atoms with van der Waals surface area (Å²) < 4.78 is 51.0. The molecule has 0 aromatic carbocycles. The molecule has 1 aromatic rings. The lowest BCUT2D eigenvalue weighted by Crippen LogP contribution is -2.21. The lowest BCUT2D eigenvalue weighted by atomic mass is 10.1. The Morgan fingerprint density at radius 3 is 2.57 bits per heavy atom. The van der Waals surface area contributed by atoms with Crippen LogP contribution in [0.4, 0.5) is 13.2 Å². The summed E-state index contributed by atoms with van der Waals surface area (Å²) in [6, 6.07) is 0. The number of ether oxygens (including phenoxy) is 3. The van der Waals surface area contributed by atoms with E-state index >= 15 is 0 Å². The van der Waals surface area contributed by atoms with Gasteiger partial charge in [0.1, 0.15) is 0 Å². The van der Waals surface area contributed by atoms with Gasteiger partial charge >= 0.3 is 12.3 Å². The molecule has 0 amide bonds. The Labute approximate surface area is 119 Å². The number of esters is 1. The number of methoxy groups -OCH3 is 1. The summed E-state index contributed by atoms with van der Waals surface area (Å²) in [6.07, 6.45) is -4.34. The van der Waals surface area contributed by atoms with Crippen LogP contribution in [0.2, 0.25) is 0 Å². The van der Waals surface area contributed by atoms with Gasteiger partial charge in [-0.15, -0.1) is 13.2 Å². The fourth-order valence-corrected chi connectivity index (χ4v) is 1.64. The van der Waals surface area contributed by atoms with E-state index in [0.29, 0.717) is 0 Å². The van der Waals surface area contributed by atoms with Gasteiger partial charge in [-0.05, 0) is 6.92 Å². The van der Waals surface area contributed by atoms with Crippen molar-refractivity contribution in [2.45, 2.75) is 26.3 Å². The maximum absolute atomic E-state index is 12.5. The van der Waals surface area contributed by atoms with Gasteiger partial charge in [-0.2, -0.15) is 0 Å². The van der Waals surface area contributed by atoms with Gasteiger partial charge in [0.15, 0.2) is 11.5 Å². The van der Waals surface area contributed by atoms with Crippen LogP contribution in [0.25, 0.3) is 0 Å². The first-order chi connectivity index (χ1) is 9.82. The maximum atomic E-state index is 12.5. The van der Waals surface area contributed by atoms with Crippen molar-refractivity contribution < 1.29 is 32.2 Å². The molecule has 1 aromatic heterocycles. The minimum absolute atomic E-state index is 0.100. The molecule has 118 valence electrons. The van der Waals surface area contributed by atoms with E-state index < -0.39 is 24.5 Å². The first-order valence-electron chi connectivity index (χ1n) is 5.98. The summed E-state index contributed by atoms with van der Waals surface area (Å²) in [7, 11) is 1.16. The van der Waals surface area contributed by atoms with E-state index in [1.165, 1.54) is 0 Å². The fraction of sp³-hybridized carbons (Fsp3) is 0.500. The van der Waals surface area contributed by atoms with Gasteiger partial charge in [-0.1, -0.05) is 0 Å². The average molecular weight is 308 g/mol. The predicted molar refractivity (Wildman–Crippen MR) is 65.7 cm³/mol. The molecule has 0 atom stereocenters. The van der Waals surface area contributed by atoms with Gasteiger partial charge < -0.3 is 19.9 Å². The summed E-state index contributed by atoms with van der Waals surface area (Å²) in [5, 5.41) is 0. The molecule has 0 spiro atoms. The standard InChI is InChI=1S/C12H15F3N2O4/c1-3-20-10(18)4-7-8(5-16)17-6-9(19-2)11(7)21-12(13,14)15/h6H,3-5,16H2,1-2H3. The van der Waals surface area contributed by atoms with Crippen LogP contribution < -0.4 is 15.2 Å². The number of alkyl halides is 3. The minimum atomic E-state index is -4.94. The van der Waals surface area contributed by atoms with Crippen molar-refractivity contribution >= 4 is 5.97 Å². The van der Waals surface area contributed by atoms with Crippen molar-refractivity contribution in [1.29, 1.82) is 0 Å². The van der Waals surface area contributed by atoms with E-state index in [-0.39, 0.29) is 30.2 Å². The lowest BCUT2D eigenvalue weighted by Gasteiger charge is -2.17. The van der Waals surface area contributed by atoms with Crippen LogP contribution in [0.3, 0.4) is 0 Å². The van der Waals surface area contributed by atoms with Gasteiger partial charge in [0.05, 0.1) is 32.0 Å². The lowest BCUT2D eigenvalue weighted by molar-refractivity contribution is -0.275. The fourth-order valence-electron chi connectivity index (χ4n) is 1.64. The number of nitrogens with two attached hydrogens (primary N) is 1. The molecule has 0 saturated carbocycles. The molecular formula is C12H15F3N2O4. The Balaban J connectivity index is 3.29. The summed E-state index contributed by atoms with van der Waals surface area (Å²) >= 11 is 0. The number of nitrogens with zero attached hydrogens (tertiary/aromatic N) is 1. The molecule has 0 fully saturated rings. The van der Waals surface area contributed by atoms with Crippen molar-refractivity contribution in [2.24, 2.45) is 5.73 Å². The molecule has 0 unspecified atom stereocenters. The van der Waals surface area contributed by atoms with Gasteiger partial charge in [-0.25, -0.2) is 0 Å². The second-order valence-electron chi connectivity index (χ2n) is 3.81. The third-order valence-corrected chi connectivity index (χ3v) is 2.44. The molecule has 0 aliphatic heterocycles. The third kappa shape index (κ3) is 4.78. The molecule has 1 rings (SSSR count). The van der Waals surface area contributed by atoms with Crippen molar-refractivity contribution in [3.8, 4) is 11.5 Å². The molecule has 0 bridgehead atoms. The molecule has 21 heavy (non-hydrogen) atoms. The first kappa shape index (κ1) is 17.0. The van der Waals surface area contributed by atoms with Crippen LogP contribution in [0, 0.1) is 0 Å². The normalized spacial score (nSPS) is 11.1. The number of halogens is 3. The monoisotopic (exact) mass is 308 g/mol. The Kier molecular flexibility index (Phi) is 5.77. The molecule has 0 saturated heterocycles. The zero-order valence-electron chi connectivity index (χ0n) is 11.5. The SMILES string of the molecule is CCOC(=O)Cc1c(CN)ncc(OC)c1OC(F)(F)F. The summed E-state index contributed by atoms with van der Waals surface area (Å²) in [5.74, 6) is -1.59. The van der Waals surface area contributed by atoms with Gasteiger partial charge in [0.2, 0.25) is 0 Å². The summed E-state index contributed by atoms with van der Waals surface area (Å²) in [4.78, 5) is 15.4. The van der Waals surface area contributed by atoms with Crippen LogP contribution in [0.15, 0.2) is 6.20 Å². The van der Waals surface area contributed by atoms with Crippen molar-refractivity contribution in [2.75, 3.05) is 13.7 Å². The number of carbonyl (C=O) groups is 1. The zero-order chi connectivity index (χ0) is 16.0. The highest BCUT2D eigenvalue weighted by atomic mass is 19.4. The molecular weight excluding hydrogens is 293 g/mol. The van der Waals surface area contributed by atoms with Crippen LogP contribution in [-0.2, 0) is 22.5 Å². The number of rotatable bonds is 6. The molecule has 0 aliphatic rings. The highest BCUT2D eigenvalue weighted by Crippen LogP contribution is 2.36. The average Bonchev–Trinajstić information content (AvgIpc) is 2.39. The van der Waals surface area contributed by atoms with E-state index in [1.807, 2.05) is 0 Å². The van der Waals surface area contributed by atoms with Crippen LogP contribution in [-0.4, -0.2) is 31.0 Å². The van der Waals surface area contributed by atoms with Crippen LogP contribution >= 0.6 is 0 Å². The Morgan fingerprint density at radius 2 is 2.10 bits per heavy atom. The molecule has 0 radical (unpaired) electrons. The van der Waals surface area contributed by atoms with E-state index in [1.54, 1.807) is 6.92 Å². The molecule has 0 aliphatic carbocycles. The Hall–Kier alpha value is -2.03. The van der Waals surface area contributed by atoms with Gasteiger partial charge in [0.25, 0.3) is 0 Å². The molecule has 9 heteroatoms. The Morgan fingerprint density at radius 1 is 1.43 bits per heavy atom. The second kappa shape index (κ2) is 7.11. The van der Waals surface area contributed by atoms with Crippen LogP contribution in [0.5, 0.6) is 11.5 Å². The van der Waals surface area contributed by atoms with E-state index in [4.69, 9.17) is 15.2 Å². The van der Waals surface area contributed by atoms with Crippen molar-refractivity contribution in [1.82, 2.24) is 4.98 Å². The van der Waals surface area contributed by atoms with E-state index in [9.17, 15) is 18.0 Å². The topological polar surface area (TPSA) is 83.7 Å². The summed E-state index contributed by atoms with van der Waals surface area (Å²) in [5.41, 5.74) is 5.43. The highest BCUT2D eigenvalue weighted by Gasteiger charge is 2.35. The zero-order valence-corrected chi connectivity index (χ0v) is 11.5. The largest absolute Gasteiger partial charge is 0.573 e. The molecule has 6 nitrogen and oxygen atoms in total. The molecule has 1 heterocycles. The van der Waals surface area contributed by atoms with Crippen LogP contribution in [0.1, 0.15) is 18.2 Å². The minimum Gasteiger partial charge on any atom is -0.491 e. The van der Waals surface area contributed by atoms with Gasteiger partial charge in [-0.3, -0.25) is 9.78 Å². The summed E-state index contributed by atoms with van der Waals surface area (Å²) in [6.45, 7) is 1.52.